The quantitative estimate of drug-likeness (QED) is 0.754. The van der Waals surface area contributed by atoms with Gasteiger partial charge < -0.3 is 15.6 Å². The lowest BCUT2D eigenvalue weighted by molar-refractivity contribution is 0.0954. The van der Waals surface area contributed by atoms with E-state index in [1.165, 1.54) is 6.33 Å². The summed E-state index contributed by atoms with van der Waals surface area (Å²) in [4.78, 5) is 15.6. The van der Waals surface area contributed by atoms with Gasteiger partial charge in [-0.05, 0) is 12.1 Å². The largest absolute Gasteiger partial charge is 0.398 e. The minimum Gasteiger partial charge on any atom is -0.398 e. The summed E-state index contributed by atoms with van der Waals surface area (Å²) in [5.74, 6) is 0.286. The van der Waals surface area contributed by atoms with E-state index in [2.05, 4.69) is 15.5 Å². The van der Waals surface area contributed by atoms with Crippen molar-refractivity contribution in [3.8, 4) is 0 Å². The van der Waals surface area contributed by atoms with Crippen LogP contribution in [0.1, 0.15) is 16.2 Å². The maximum atomic E-state index is 11.7. The number of para-hydroxylation sites is 1. The molecule has 0 fully saturated rings. The summed E-state index contributed by atoms with van der Waals surface area (Å²) >= 11 is 0. The average molecular weight is 232 g/mol. The molecule has 0 bridgehead atoms. The minimum absolute atomic E-state index is 0.206. The van der Waals surface area contributed by atoms with Crippen LogP contribution >= 0.6 is 0 Å². The summed E-state index contributed by atoms with van der Waals surface area (Å²) in [7, 11) is 0. The topological polar surface area (TPSA) is 94.0 Å². The molecule has 2 rings (SSSR count). The Morgan fingerprint density at radius 2 is 2.24 bits per heavy atom. The maximum Gasteiger partial charge on any atom is 0.253 e. The van der Waals surface area contributed by atoms with Crippen molar-refractivity contribution >= 4 is 11.6 Å². The number of rotatable bonds is 4. The van der Waals surface area contributed by atoms with Crippen LogP contribution in [0.5, 0.6) is 0 Å². The van der Waals surface area contributed by atoms with Crippen LogP contribution in [0.2, 0.25) is 0 Å². The molecule has 0 spiro atoms. The molecule has 1 amide bonds. The summed E-state index contributed by atoms with van der Waals surface area (Å²) in [5.41, 5.74) is 6.62. The van der Waals surface area contributed by atoms with Gasteiger partial charge in [-0.1, -0.05) is 17.3 Å². The first-order valence-electron chi connectivity index (χ1n) is 5.15. The summed E-state index contributed by atoms with van der Waals surface area (Å²) in [6, 6.07) is 6.91. The van der Waals surface area contributed by atoms with Crippen molar-refractivity contribution in [2.24, 2.45) is 0 Å². The number of carbonyl (C=O) groups excluding carboxylic acids is 1. The number of anilines is 1. The summed E-state index contributed by atoms with van der Waals surface area (Å²) in [6.45, 7) is 0.426. The Morgan fingerprint density at radius 1 is 1.41 bits per heavy atom. The van der Waals surface area contributed by atoms with Gasteiger partial charge in [-0.25, -0.2) is 0 Å². The molecule has 0 aliphatic rings. The van der Waals surface area contributed by atoms with Gasteiger partial charge >= 0.3 is 0 Å². The Labute approximate surface area is 97.8 Å². The van der Waals surface area contributed by atoms with Crippen LogP contribution in [-0.4, -0.2) is 22.6 Å². The third kappa shape index (κ3) is 2.81. The molecule has 6 heteroatoms. The molecule has 0 saturated carbocycles. The Balaban J connectivity index is 1.88. The first-order valence-corrected chi connectivity index (χ1v) is 5.15. The number of nitrogen functional groups attached to an aromatic ring is 1. The van der Waals surface area contributed by atoms with Crippen LogP contribution < -0.4 is 11.1 Å². The van der Waals surface area contributed by atoms with Crippen molar-refractivity contribution < 1.29 is 9.32 Å². The number of carbonyl (C=O) groups is 1. The molecule has 0 aliphatic heterocycles. The predicted octanol–water partition coefficient (Wildman–Crippen LogP) is 0.624. The minimum atomic E-state index is -0.206. The molecule has 0 atom stereocenters. The van der Waals surface area contributed by atoms with Gasteiger partial charge in [0.15, 0.2) is 6.33 Å². The van der Waals surface area contributed by atoms with E-state index in [-0.39, 0.29) is 5.91 Å². The molecule has 6 nitrogen and oxygen atoms in total. The standard InChI is InChI=1S/C11H12N4O2/c12-9-4-2-1-3-8(9)11(16)13-6-5-10-14-7-15-17-10/h1-4,7H,5-6,12H2,(H,13,16). The van der Waals surface area contributed by atoms with E-state index in [9.17, 15) is 4.79 Å². The SMILES string of the molecule is Nc1ccccc1C(=O)NCCc1ncno1. The van der Waals surface area contributed by atoms with Crippen LogP contribution in [0, 0.1) is 0 Å². The lowest BCUT2D eigenvalue weighted by atomic mass is 10.1. The zero-order chi connectivity index (χ0) is 12.1. The van der Waals surface area contributed by atoms with Gasteiger partial charge in [-0.2, -0.15) is 4.98 Å². The van der Waals surface area contributed by atoms with E-state index in [0.717, 1.165) is 0 Å². The summed E-state index contributed by atoms with van der Waals surface area (Å²) in [6.07, 6.45) is 1.82. The monoisotopic (exact) mass is 232 g/mol. The number of hydrogen-bond donors (Lipinski definition) is 2. The zero-order valence-electron chi connectivity index (χ0n) is 9.09. The Bertz CT molecular complexity index is 496. The smallest absolute Gasteiger partial charge is 0.253 e. The van der Waals surface area contributed by atoms with Crippen LogP contribution in [0.25, 0.3) is 0 Å². The second-order valence-electron chi connectivity index (χ2n) is 3.43. The highest BCUT2D eigenvalue weighted by atomic mass is 16.5. The van der Waals surface area contributed by atoms with Crippen LogP contribution in [-0.2, 0) is 6.42 Å². The van der Waals surface area contributed by atoms with Crippen LogP contribution in [0.4, 0.5) is 5.69 Å². The van der Waals surface area contributed by atoms with Gasteiger partial charge in [0, 0.05) is 18.7 Å². The van der Waals surface area contributed by atoms with Gasteiger partial charge in [0.1, 0.15) is 0 Å². The molecule has 0 radical (unpaired) electrons. The number of nitrogens with two attached hydrogens (primary N) is 1. The van der Waals surface area contributed by atoms with E-state index in [4.69, 9.17) is 10.3 Å². The average Bonchev–Trinajstić information content (AvgIpc) is 2.82. The molecule has 88 valence electrons. The molecule has 0 unspecified atom stereocenters. The number of benzene rings is 1. The van der Waals surface area contributed by atoms with E-state index in [1.54, 1.807) is 24.3 Å². The lowest BCUT2D eigenvalue weighted by Crippen LogP contribution is -2.26. The van der Waals surface area contributed by atoms with E-state index in [1.807, 2.05) is 0 Å². The van der Waals surface area contributed by atoms with Crippen molar-refractivity contribution in [2.75, 3.05) is 12.3 Å². The Hall–Kier alpha value is -2.37. The maximum absolute atomic E-state index is 11.7. The van der Waals surface area contributed by atoms with Crippen LogP contribution in [0.15, 0.2) is 35.1 Å². The lowest BCUT2D eigenvalue weighted by Gasteiger charge is -2.05. The molecule has 1 aromatic heterocycles. The fraction of sp³-hybridized carbons (Fsp3) is 0.182. The van der Waals surface area contributed by atoms with Crippen molar-refractivity contribution in [3.05, 3.63) is 42.0 Å². The molecule has 3 N–H and O–H groups in total. The highest BCUT2D eigenvalue weighted by Gasteiger charge is 2.08. The number of nitrogens with one attached hydrogen (secondary N) is 1. The predicted molar refractivity (Wildman–Crippen MR) is 61.2 cm³/mol. The van der Waals surface area contributed by atoms with Crippen LogP contribution in [0.3, 0.4) is 0 Å². The highest BCUT2D eigenvalue weighted by Crippen LogP contribution is 2.09. The molecular weight excluding hydrogens is 220 g/mol. The molecule has 1 aromatic carbocycles. The molecule has 17 heavy (non-hydrogen) atoms. The normalized spacial score (nSPS) is 10.1. The fourth-order valence-electron chi connectivity index (χ4n) is 1.39. The number of nitrogens with zero attached hydrogens (tertiary/aromatic N) is 2. The van der Waals surface area contributed by atoms with Crippen molar-refractivity contribution in [1.82, 2.24) is 15.5 Å². The van der Waals surface area contributed by atoms with E-state index in [0.29, 0.717) is 30.1 Å². The second-order valence-corrected chi connectivity index (χ2v) is 3.43. The number of amides is 1. The van der Waals surface area contributed by atoms with Crippen molar-refractivity contribution in [1.29, 1.82) is 0 Å². The Morgan fingerprint density at radius 3 is 2.94 bits per heavy atom. The van der Waals surface area contributed by atoms with E-state index < -0.39 is 0 Å². The molecule has 0 saturated heterocycles. The second kappa shape index (κ2) is 5.11. The van der Waals surface area contributed by atoms with Gasteiger partial charge in [-0.3, -0.25) is 4.79 Å². The molecular formula is C11H12N4O2. The third-order valence-electron chi connectivity index (χ3n) is 2.24. The number of aromatic nitrogens is 2. The first kappa shape index (κ1) is 11.1. The fourth-order valence-corrected chi connectivity index (χ4v) is 1.39. The molecule has 0 aliphatic carbocycles. The van der Waals surface area contributed by atoms with Crippen molar-refractivity contribution in [3.63, 3.8) is 0 Å². The van der Waals surface area contributed by atoms with Gasteiger partial charge in [0.2, 0.25) is 5.89 Å². The first-order chi connectivity index (χ1) is 8.27. The zero-order valence-corrected chi connectivity index (χ0v) is 9.09. The summed E-state index contributed by atoms with van der Waals surface area (Å²) in [5, 5.41) is 6.20. The third-order valence-corrected chi connectivity index (χ3v) is 2.24. The molecule has 2 aromatic rings. The van der Waals surface area contributed by atoms with E-state index >= 15 is 0 Å². The summed E-state index contributed by atoms with van der Waals surface area (Å²) < 4.78 is 4.81. The van der Waals surface area contributed by atoms with Gasteiger partial charge in [0.25, 0.3) is 5.91 Å². The number of hydrogen-bond acceptors (Lipinski definition) is 5. The highest BCUT2D eigenvalue weighted by molar-refractivity contribution is 5.99. The van der Waals surface area contributed by atoms with Crippen molar-refractivity contribution in [2.45, 2.75) is 6.42 Å². The van der Waals surface area contributed by atoms with Gasteiger partial charge in [-0.15, -0.1) is 0 Å². The molecule has 1 heterocycles. The van der Waals surface area contributed by atoms with Gasteiger partial charge in [0.05, 0.1) is 5.56 Å². The Kier molecular flexibility index (Phi) is 3.34.